The molecule has 0 spiro atoms. The summed E-state index contributed by atoms with van der Waals surface area (Å²) >= 11 is 0. The molecule has 0 saturated heterocycles. The molecule has 0 amide bonds. The monoisotopic (exact) mass is 139 g/mol. The lowest BCUT2D eigenvalue weighted by Gasteiger charge is -2.07. The molecule has 0 rings (SSSR count). The molecule has 59 valence electrons. The van der Waals surface area contributed by atoms with Crippen LogP contribution in [-0.2, 0) is 0 Å². The maximum absolute atomic E-state index is 2.34. The average molecular weight is 139 g/mol. The first-order chi connectivity index (χ1) is 4.81. The Morgan fingerprint density at radius 1 is 1.30 bits per heavy atom. The molecule has 0 aromatic rings. The average Bonchev–Trinajstić information content (AvgIpc) is 1.89. The van der Waals surface area contributed by atoms with E-state index in [1.165, 1.54) is 32.0 Å². The summed E-state index contributed by atoms with van der Waals surface area (Å²) in [5.74, 6) is 0.913. The molecule has 0 N–H and O–H groups in total. The lowest BCUT2D eigenvalue weighted by molar-refractivity contribution is 0.533. The van der Waals surface area contributed by atoms with Crippen molar-refractivity contribution in [3.63, 3.8) is 0 Å². The molecule has 0 aliphatic heterocycles. The Morgan fingerprint density at radius 3 is 2.50 bits per heavy atom. The van der Waals surface area contributed by atoms with Crippen molar-refractivity contribution in [1.82, 2.24) is 0 Å². The second-order valence-electron chi connectivity index (χ2n) is 3.24. The summed E-state index contributed by atoms with van der Waals surface area (Å²) in [7, 11) is 2.27. The second kappa shape index (κ2) is 7.18. The van der Waals surface area contributed by atoms with Crippen LogP contribution in [0.15, 0.2) is 0 Å². The van der Waals surface area contributed by atoms with Gasteiger partial charge >= 0.3 is 0 Å². The van der Waals surface area contributed by atoms with E-state index in [9.17, 15) is 0 Å². The quantitative estimate of drug-likeness (QED) is 0.391. The highest BCUT2D eigenvalue weighted by atomic mass is 14.0. The number of hydrogen-bond donors (Lipinski definition) is 0. The minimum absolute atomic E-state index is 0.913. The van der Waals surface area contributed by atoms with Crippen LogP contribution in [0.5, 0.6) is 0 Å². The van der Waals surface area contributed by atoms with E-state index < -0.39 is 0 Å². The normalized spacial score (nSPS) is 13.1. The molecule has 0 aromatic carbocycles. The molecule has 1 atom stereocenters. The number of unbranched alkanes of at least 4 members (excludes halogenated alkanes) is 2. The van der Waals surface area contributed by atoms with E-state index in [-0.39, 0.29) is 0 Å². The molecule has 0 saturated carbocycles. The Hall–Kier alpha value is 0.0649. The van der Waals surface area contributed by atoms with E-state index in [0.717, 1.165) is 5.92 Å². The fraction of sp³-hybridized carbons (Fsp3) is 1.00. The van der Waals surface area contributed by atoms with Crippen LogP contribution in [0.25, 0.3) is 0 Å². The van der Waals surface area contributed by atoms with Gasteiger partial charge < -0.3 is 0 Å². The molecule has 0 aliphatic rings. The van der Waals surface area contributed by atoms with E-state index in [0.29, 0.717) is 0 Å². The maximum atomic E-state index is 2.34. The number of hydrogen-bond acceptors (Lipinski definition) is 0. The summed E-state index contributed by atoms with van der Waals surface area (Å²) in [5.41, 5.74) is 0. The zero-order valence-electron chi connectivity index (χ0n) is 7.69. The summed E-state index contributed by atoms with van der Waals surface area (Å²) in [5, 5.41) is 0. The van der Waals surface area contributed by atoms with Crippen LogP contribution in [0.3, 0.4) is 0 Å². The lowest BCUT2D eigenvalue weighted by Crippen LogP contribution is -1.96. The standard InChI is InChI=1S/C9H20B/c1-4-5-6-7-9(2)8-10-3/h9H,4-8H2,1-3H3. The van der Waals surface area contributed by atoms with E-state index >= 15 is 0 Å². The largest absolute Gasteiger partial charge is 0.106 e. The second-order valence-corrected chi connectivity index (χ2v) is 3.24. The van der Waals surface area contributed by atoms with Gasteiger partial charge in [0.25, 0.3) is 0 Å². The van der Waals surface area contributed by atoms with Gasteiger partial charge in [0, 0.05) is 0 Å². The molecule has 1 radical (unpaired) electrons. The minimum atomic E-state index is 0.913. The van der Waals surface area contributed by atoms with E-state index in [4.69, 9.17) is 0 Å². The van der Waals surface area contributed by atoms with Crippen LogP contribution < -0.4 is 0 Å². The fourth-order valence-electron chi connectivity index (χ4n) is 1.26. The molecule has 0 bridgehead atoms. The van der Waals surface area contributed by atoms with Gasteiger partial charge in [-0.3, -0.25) is 0 Å². The molecular weight excluding hydrogens is 119 g/mol. The van der Waals surface area contributed by atoms with Crippen molar-refractivity contribution in [2.24, 2.45) is 5.92 Å². The molecule has 1 unspecified atom stereocenters. The first-order valence-electron chi connectivity index (χ1n) is 4.59. The third kappa shape index (κ3) is 6.19. The Labute approximate surface area is 66.6 Å². The van der Waals surface area contributed by atoms with Crippen molar-refractivity contribution in [3.8, 4) is 0 Å². The Balaban J connectivity index is 2.97. The van der Waals surface area contributed by atoms with Gasteiger partial charge in [0.1, 0.15) is 7.28 Å². The summed E-state index contributed by atoms with van der Waals surface area (Å²) in [6.45, 7) is 6.75. The van der Waals surface area contributed by atoms with Crippen molar-refractivity contribution >= 4 is 7.28 Å². The zero-order valence-corrected chi connectivity index (χ0v) is 7.69. The van der Waals surface area contributed by atoms with Crippen LogP contribution in [0, 0.1) is 5.92 Å². The van der Waals surface area contributed by atoms with Crippen LogP contribution in [-0.4, -0.2) is 7.28 Å². The van der Waals surface area contributed by atoms with Gasteiger partial charge in [0.2, 0.25) is 0 Å². The molecular formula is C9H20B. The van der Waals surface area contributed by atoms with Crippen molar-refractivity contribution in [2.45, 2.75) is 52.7 Å². The van der Waals surface area contributed by atoms with Crippen molar-refractivity contribution in [2.75, 3.05) is 0 Å². The van der Waals surface area contributed by atoms with Gasteiger partial charge in [-0.15, -0.1) is 0 Å². The molecule has 0 nitrogen and oxygen atoms in total. The predicted octanol–water partition coefficient (Wildman–Crippen LogP) is 3.37. The summed E-state index contributed by atoms with van der Waals surface area (Å²) in [6.07, 6.45) is 6.89. The van der Waals surface area contributed by atoms with E-state index in [1.807, 2.05) is 0 Å². The highest BCUT2D eigenvalue weighted by Crippen LogP contribution is 2.12. The molecule has 10 heavy (non-hydrogen) atoms. The first kappa shape index (κ1) is 10.1. The van der Waals surface area contributed by atoms with Crippen LogP contribution in [0.4, 0.5) is 0 Å². The molecule has 0 fully saturated rings. The van der Waals surface area contributed by atoms with Gasteiger partial charge in [-0.2, -0.15) is 0 Å². The lowest BCUT2D eigenvalue weighted by atomic mass is 9.72. The van der Waals surface area contributed by atoms with E-state index in [2.05, 4.69) is 28.0 Å². The van der Waals surface area contributed by atoms with Crippen LogP contribution >= 0.6 is 0 Å². The van der Waals surface area contributed by atoms with E-state index in [1.54, 1.807) is 0 Å². The van der Waals surface area contributed by atoms with Crippen LogP contribution in [0.2, 0.25) is 13.1 Å². The first-order valence-corrected chi connectivity index (χ1v) is 4.59. The predicted molar refractivity (Wildman–Crippen MR) is 49.7 cm³/mol. The van der Waals surface area contributed by atoms with Gasteiger partial charge in [-0.25, -0.2) is 0 Å². The topological polar surface area (TPSA) is 0 Å². The molecule has 1 heteroatoms. The fourth-order valence-corrected chi connectivity index (χ4v) is 1.26. The smallest absolute Gasteiger partial charge is 0.0920 e. The Morgan fingerprint density at radius 2 is 2.00 bits per heavy atom. The highest BCUT2D eigenvalue weighted by Gasteiger charge is 1.98. The van der Waals surface area contributed by atoms with Crippen molar-refractivity contribution in [3.05, 3.63) is 0 Å². The zero-order chi connectivity index (χ0) is 7.82. The van der Waals surface area contributed by atoms with Crippen molar-refractivity contribution < 1.29 is 0 Å². The van der Waals surface area contributed by atoms with Gasteiger partial charge in [0.05, 0.1) is 0 Å². The van der Waals surface area contributed by atoms with Gasteiger partial charge in [0.15, 0.2) is 0 Å². The SMILES string of the molecule is C[B]CC(C)CCCCC. The van der Waals surface area contributed by atoms with Gasteiger partial charge in [-0.05, 0) is 0 Å². The van der Waals surface area contributed by atoms with Crippen molar-refractivity contribution in [1.29, 1.82) is 0 Å². The Kier molecular flexibility index (Phi) is 7.22. The third-order valence-electron chi connectivity index (χ3n) is 1.94. The summed E-state index contributed by atoms with van der Waals surface area (Å²) in [4.78, 5) is 0. The van der Waals surface area contributed by atoms with Crippen LogP contribution in [0.1, 0.15) is 39.5 Å². The Bertz CT molecular complexity index is 61.7. The highest BCUT2D eigenvalue weighted by molar-refractivity contribution is 6.33. The molecule has 0 aliphatic carbocycles. The summed E-state index contributed by atoms with van der Waals surface area (Å²) < 4.78 is 0. The molecule has 0 aromatic heterocycles. The minimum Gasteiger partial charge on any atom is -0.0920 e. The number of rotatable bonds is 6. The maximum Gasteiger partial charge on any atom is 0.106 e. The van der Waals surface area contributed by atoms with Gasteiger partial charge in [-0.1, -0.05) is 58.6 Å². The molecule has 0 heterocycles. The summed E-state index contributed by atoms with van der Waals surface area (Å²) in [6, 6.07) is 0. The third-order valence-corrected chi connectivity index (χ3v) is 1.94.